The maximum atomic E-state index is 12.3. The molecule has 0 spiro atoms. The van der Waals surface area contributed by atoms with Crippen molar-refractivity contribution in [2.45, 2.75) is 31.5 Å². The third-order valence-electron chi connectivity index (χ3n) is 4.57. The number of aliphatic hydroxyl groups excluding tert-OH is 1. The molecule has 0 saturated heterocycles. The Labute approximate surface area is 157 Å². The summed E-state index contributed by atoms with van der Waals surface area (Å²) in [5, 5.41) is 23.3. The number of hydrogen-bond acceptors (Lipinski definition) is 5. The van der Waals surface area contributed by atoms with Crippen molar-refractivity contribution in [3.05, 3.63) is 54.4 Å². The predicted octanol–water partition coefficient (Wildman–Crippen LogP) is 0.363. The van der Waals surface area contributed by atoms with Crippen LogP contribution in [0, 0.1) is 5.92 Å². The molecule has 1 fully saturated rings. The molecule has 1 heterocycles. The number of rotatable bonds is 7. The van der Waals surface area contributed by atoms with Crippen molar-refractivity contribution in [1.82, 2.24) is 25.6 Å². The molecule has 0 aliphatic heterocycles. The Morgan fingerprint density at radius 2 is 2.07 bits per heavy atom. The monoisotopic (exact) mass is 369 g/mol. The fraction of sp³-hybridized carbons (Fsp3) is 0.368. The average molecular weight is 369 g/mol. The molecule has 1 aromatic carbocycles. The van der Waals surface area contributed by atoms with Gasteiger partial charge in [-0.2, -0.15) is 0 Å². The summed E-state index contributed by atoms with van der Waals surface area (Å²) in [5.74, 6) is -0.722. The van der Waals surface area contributed by atoms with Gasteiger partial charge in [0.25, 0.3) is 0 Å². The van der Waals surface area contributed by atoms with E-state index >= 15 is 0 Å². The summed E-state index contributed by atoms with van der Waals surface area (Å²) in [6, 6.07) is 9.06. The van der Waals surface area contributed by atoms with Crippen molar-refractivity contribution < 1.29 is 14.7 Å². The fourth-order valence-electron chi connectivity index (χ4n) is 3.14. The molecule has 142 valence electrons. The van der Waals surface area contributed by atoms with E-state index in [0.717, 1.165) is 5.56 Å². The van der Waals surface area contributed by atoms with Crippen LogP contribution in [0.25, 0.3) is 6.08 Å². The highest BCUT2D eigenvalue weighted by molar-refractivity contribution is 5.92. The van der Waals surface area contributed by atoms with Gasteiger partial charge in [-0.15, -0.1) is 5.10 Å². The molecule has 2 aromatic rings. The van der Waals surface area contributed by atoms with Crippen molar-refractivity contribution in [1.29, 1.82) is 0 Å². The molecule has 1 aromatic heterocycles. The number of nitrogens with zero attached hydrogens (tertiary/aromatic N) is 3. The third-order valence-corrected chi connectivity index (χ3v) is 4.57. The Hall–Kier alpha value is -3.00. The molecule has 3 rings (SSSR count). The van der Waals surface area contributed by atoms with Gasteiger partial charge in [0, 0.05) is 24.7 Å². The molecule has 27 heavy (non-hydrogen) atoms. The van der Waals surface area contributed by atoms with E-state index in [1.54, 1.807) is 23.2 Å². The summed E-state index contributed by atoms with van der Waals surface area (Å²) >= 11 is 0. The number of carbonyl (C=O) groups excluding carboxylic acids is 2. The number of nitrogens with one attached hydrogen (secondary N) is 2. The lowest BCUT2D eigenvalue weighted by Gasteiger charge is -2.15. The summed E-state index contributed by atoms with van der Waals surface area (Å²) in [7, 11) is 0. The maximum absolute atomic E-state index is 12.3. The van der Waals surface area contributed by atoms with Crippen LogP contribution < -0.4 is 10.6 Å². The number of aliphatic hydroxyl groups is 1. The largest absolute Gasteiger partial charge is 0.391 e. The van der Waals surface area contributed by atoms with Gasteiger partial charge in [0.1, 0.15) is 0 Å². The van der Waals surface area contributed by atoms with Crippen LogP contribution in [0.1, 0.15) is 18.4 Å². The Morgan fingerprint density at radius 1 is 1.26 bits per heavy atom. The van der Waals surface area contributed by atoms with Gasteiger partial charge in [-0.05, 0) is 24.5 Å². The lowest BCUT2D eigenvalue weighted by Crippen LogP contribution is -2.39. The van der Waals surface area contributed by atoms with E-state index in [4.69, 9.17) is 0 Å². The zero-order chi connectivity index (χ0) is 19.1. The molecule has 1 aliphatic carbocycles. The second-order valence-electron chi connectivity index (χ2n) is 6.55. The second-order valence-corrected chi connectivity index (χ2v) is 6.55. The molecule has 8 nitrogen and oxygen atoms in total. The second kappa shape index (κ2) is 9.09. The van der Waals surface area contributed by atoms with E-state index in [1.807, 2.05) is 30.3 Å². The van der Waals surface area contributed by atoms with Crippen molar-refractivity contribution in [3.8, 4) is 0 Å². The van der Waals surface area contributed by atoms with Crippen molar-refractivity contribution in [3.63, 3.8) is 0 Å². The highest BCUT2D eigenvalue weighted by Crippen LogP contribution is 2.26. The number of amides is 2. The van der Waals surface area contributed by atoms with Crippen LogP contribution in [0.5, 0.6) is 0 Å². The van der Waals surface area contributed by atoms with E-state index in [0.29, 0.717) is 25.9 Å². The van der Waals surface area contributed by atoms with E-state index < -0.39 is 12.1 Å². The summed E-state index contributed by atoms with van der Waals surface area (Å²) < 4.78 is 1.63. The molecule has 2 amide bonds. The van der Waals surface area contributed by atoms with Gasteiger partial charge in [-0.1, -0.05) is 35.5 Å². The number of benzene rings is 1. The molecule has 3 atom stereocenters. The first-order valence-corrected chi connectivity index (χ1v) is 8.95. The average Bonchev–Trinajstić information content (AvgIpc) is 3.31. The normalized spacial score (nSPS) is 22.0. The van der Waals surface area contributed by atoms with Crippen molar-refractivity contribution >= 4 is 17.9 Å². The highest BCUT2D eigenvalue weighted by Gasteiger charge is 2.37. The minimum absolute atomic E-state index is 0.120. The smallest absolute Gasteiger partial charge is 0.244 e. The van der Waals surface area contributed by atoms with Crippen molar-refractivity contribution in [2.75, 3.05) is 6.54 Å². The highest BCUT2D eigenvalue weighted by atomic mass is 16.3. The van der Waals surface area contributed by atoms with Gasteiger partial charge >= 0.3 is 0 Å². The predicted molar refractivity (Wildman–Crippen MR) is 99.2 cm³/mol. The number of hydrogen-bond donors (Lipinski definition) is 3. The molecule has 1 saturated carbocycles. The molecule has 0 bridgehead atoms. The van der Waals surface area contributed by atoms with Crippen LogP contribution in [0.2, 0.25) is 0 Å². The van der Waals surface area contributed by atoms with E-state index in [9.17, 15) is 14.7 Å². The van der Waals surface area contributed by atoms with Gasteiger partial charge in [0.05, 0.1) is 24.9 Å². The first-order chi connectivity index (χ1) is 13.1. The Morgan fingerprint density at radius 3 is 2.81 bits per heavy atom. The topological polar surface area (TPSA) is 109 Å². The summed E-state index contributed by atoms with van der Waals surface area (Å²) in [6.45, 7) is 0.969. The van der Waals surface area contributed by atoms with Crippen LogP contribution >= 0.6 is 0 Å². The lowest BCUT2D eigenvalue weighted by molar-refractivity contribution is -0.125. The van der Waals surface area contributed by atoms with Crippen LogP contribution in [0.15, 0.2) is 48.8 Å². The molecule has 0 unspecified atom stereocenters. The van der Waals surface area contributed by atoms with Gasteiger partial charge in [0.2, 0.25) is 11.8 Å². The molecule has 0 radical (unpaired) electrons. The van der Waals surface area contributed by atoms with Crippen LogP contribution in [0.3, 0.4) is 0 Å². The summed E-state index contributed by atoms with van der Waals surface area (Å²) in [6.07, 6.45) is 6.47. The molecular formula is C19H23N5O3. The van der Waals surface area contributed by atoms with Crippen LogP contribution in [0.4, 0.5) is 0 Å². The zero-order valence-corrected chi connectivity index (χ0v) is 14.9. The van der Waals surface area contributed by atoms with E-state index in [1.165, 1.54) is 6.08 Å². The Kier molecular flexibility index (Phi) is 6.32. The zero-order valence-electron chi connectivity index (χ0n) is 14.9. The van der Waals surface area contributed by atoms with Crippen LogP contribution in [-0.2, 0) is 16.1 Å². The number of aromatic nitrogens is 3. The molecule has 1 aliphatic rings. The standard InChI is InChI=1S/C19H23N5O3/c25-17-13-15(19(27)20-8-10-24-11-9-21-23-24)12-16(17)22-18(26)7-6-14-4-2-1-3-5-14/h1-7,9,11,15-17,25H,8,10,12-13H2,(H,20,27)(H,22,26)/b7-6+/t15-,16-,17-/m0/s1. The van der Waals surface area contributed by atoms with E-state index in [-0.39, 0.29) is 17.7 Å². The minimum atomic E-state index is -0.731. The van der Waals surface area contributed by atoms with Crippen LogP contribution in [-0.4, -0.2) is 50.6 Å². The third kappa shape index (κ3) is 5.49. The van der Waals surface area contributed by atoms with E-state index in [2.05, 4.69) is 20.9 Å². The maximum Gasteiger partial charge on any atom is 0.244 e. The lowest BCUT2D eigenvalue weighted by atomic mass is 10.1. The molecule has 8 heteroatoms. The first kappa shape index (κ1) is 18.8. The Bertz CT molecular complexity index is 776. The van der Waals surface area contributed by atoms with Gasteiger partial charge < -0.3 is 15.7 Å². The quantitative estimate of drug-likeness (QED) is 0.611. The van der Waals surface area contributed by atoms with Gasteiger partial charge in [0.15, 0.2) is 0 Å². The minimum Gasteiger partial charge on any atom is -0.391 e. The molecule has 3 N–H and O–H groups in total. The first-order valence-electron chi connectivity index (χ1n) is 8.95. The summed E-state index contributed by atoms with van der Waals surface area (Å²) in [4.78, 5) is 24.3. The van der Waals surface area contributed by atoms with Gasteiger partial charge in [-0.3, -0.25) is 14.3 Å². The molecular weight excluding hydrogens is 346 g/mol. The fourth-order valence-corrected chi connectivity index (χ4v) is 3.14. The van der Waals surface area contributed by atoms with Crippen molar-refractivity contribution in [2.24, 2.45) is 5.92 Å². The SMILES string of the molecule is O=C(/C=C/c1ccccc1)N[C@H]1C[C@H](C(=O)NCCn2ccnn2)C[C@@H]1O. The number of carbonyl (C=O) groups is 2. The Balaban J connectivity index is 1.43. The summed E-state index contributed by atoms with van der Waals surface area (Å²) in [5.41, 5.74) is 0.921. The van der Waals surface area contributed by atoms with Gasteiger partial charge in [-0.25, -0.2) is 0 Å².